The lowest BCUT2D eigenvalue weighted by molar-refractivity contribution is -0.149. The van der Waals surface area contributed by atoms with Crippen LogP contribution in [0.5, 0.6) is 0 Å². The molecule has 1 heterocycles. The van der Waals surface area contributed by atoms with Crippen LogP contribution in [0.2, 0.25) is 0 Å². The van der Waals surface area contributed by atoms with Crippen molar-refractivity contribution in [2.45, 2.75) is 0 Å². The molecule has 2 N–H and O–H groups in total. The average Bonchev–Trinajstić information content (AvgIpc) is 2.55. The highest BCUT2D eigenvalue weighted by atomic mass is 32.1. The minimum absolute atomic E-state index is 0.245. The summed E-state index contributed by atoms with van der Waals surface area (Å²) in [5.41, 5.74) is 4.58. The number of primary amides is 1. The van der Waals surface area contributed by atoms with Gasteiger partial charge >= 0.3 is 17.8 Å². The van der Waals surface area contributed by atoms with Crippen LogP contribution in [0.4, 0.5) is 0 Å². The SMILES string of the molecule is NC(=O)C(=O)OC(=O)c1cccs1. The van der Waals surface area contributed by atoms with E-state index in [4.69, 9.17) is 0 Å². The summed E-state index contributed by atoms with van der Waals surface area (Å²) in [5, 5.41) is 1.64. The van der Waals surface area contributed by atoms with Gasteiger partial charge in [-0.05, 0) is 11.4 Å². The van der Waals surface area contributed by atoms with E-state index in [2.05, 4.69) is 10.5 Å². The van der Waals surface area contributed by atoms with Crippen molar-refractivity contribution in [1.29, 1.82) is 0 Å². The number of esters is 2. The summed E-state index contributed by atoms with van der Waals surface area (Å²) in [6, 6.07) is 3.09. The number of carbonyl (C=O) groups is 3. The Hall–Kier alpha value is -1.69. The van der Waals surface area contributed by atoms with Crippen molar-refractivity contribution in [1.82, 2.24) is 0 Å². The standard InChI is InChI=1S/C7H5NO4S/c8-5(9)7(11)12-6(10)4-2-1-3-13-4/h1-3H,(H2,8,9). The second kappa shape index (κ2) is 3.81. The van der Waals surface area contributed by atoms with Crippen LogP contribution in [-0.4, -0.2) is 17.8 Å². The molecule has 0 fully saturated rings. The molecule has 0 spiro atoms. The number of hydrogen-bond acceptors (Lipinski definition) is 5. The molecular weight excluding hydrogens is 194 g/mol. The maximum Gasteiger partial charge on any atom is 0.404 e. The Labute approximate surface area is 77.1 Å². The highest BCUT2D eigenvalue weighted by Crippen LogP contribution is 2.09. The van der Waals surface area contributed by atoms with Crippen LogP contribution >= 0.6 is 11.3 Å². The van der Waals surface area contributed by atoms with E-state index in [9.17, 15) is 14.4 Å². The molecule has 0 aliphatic heterocycles. The van der Waals surface area contributed by atoms with E-state index in [-0.39, 0.29) is 4.88 Å². The topological polar surface area (TPSA) is 86.5 Å². The van der Waals surface area contributed by atoms with Crippen LogP contribution in [0.1, 0.15) is 9.67 Å². The summed E-state index contributed by atoms with van der Waals surface area (Å²) in [5.74, 6) is -3.50. The molecule has 5 nitrogen and oxygen atoms in total. The van der Waals surface area contributed by atoms with Gasteiger partial charge in [-0.1, -0.05) is 6.07 Å². The van der Waals surface area contributed by atoms with Gasteiger partial charge in [0.2, 0.25) is 0 Å². The number of amides is 1. The van der Waals surface area contributed by atoms with Gasteiger partial charge in [-0.2, -0.15) is 0 Å². The summed E-state index contributed by atoms with van der Waals surface area (Å²) in [7, 11) is 0. The average molecular weight is 199 g/mol. The van der Waals surface area contributed by atoms with E-state index in [1.54, 1.807) is 11.4 Å². The van der Waals surface area contributed by atoms with Crippen LogP contribution in [0.3, 0.4) is 0 Å². The highest BCUT2D eigenvalue weighted by molar-refractivity contribution is 7.12. The quantitative estimate of drug-likeness (QED) is 0.389. The van der Waals surface area contributed by atoms with Crippen LogP contribution in [-0.2, 0) is 14.3 Å². The molecule has 0 aliphatic rings. The maximum atomic E-state index is 11.0. The van der Waals surface area contributed by atoms with Gasteiger partial charge in [-0.25, -0.2) is 9.59 Å². The number of rotatable bonds is 1. The molecule has 6 heteroatoms. The van der Waals surface area contributed by atoms with Crippen molar-refractivity contribution in [2.24, 2.45) is 5.73 Å². The van der Waals surface area contributed by atoms with Gasteiger partial charge in [0.25, 0.3) is 0 Å². The Bertz CT molecular complexity index is 343. The Morgan fingerprint density at radius 1 is 1.38 bits per heavy atom. The minimum Gasteiger partial charge on any atom is -0.381 e. The molecule has 1 rings (SSSR count). The van der Waals surface area contributed by atoms with E-state index in [1.165, 1.54) is 6.07 Å². The summed E-state index contributed by atoms with van der Waals surface area (Å²) < 4.78 is 4.11. The third-order valence-corrected chi connectivity index (χ3v) is 1.96. The fourth-order valence-corrected chi connectivity index (χ4v) is 1.18. The van der Waals surface area contributed by atoms with E-state index in [0.29, 0.717) is 0 Å². The number of thiophene rings is 1. The van der Waals surface area contributed by atoms with Gasteiger partial charge in [0.1, 0.15) is 4.88 Å². The number of nitrogens with two attached hydrogens (primary N) is 1. The molecule has 0 bridgehead atoms. The Balaban J connectivity index is 2.62. The van der Waals surface area contributed by atoms with E-state index < -0.39 is 17.8 Å². The highest BCUT2D eigenvalue weighted by Gasteiger charge is 2.17. The second-order valence-electron chi connectivity index (χ2n) is 2.02. The fourth-order valence-electron chi connectivity index (χ4n) is 0.579. The summed E-state index contributed by atoms with van der Waals surface area (Å²) >= 11 is 1.11. The zero-order valence-corrected chi connectivity index (χ0v) is 7.17. The van der Waals surface area contributed by atoms with Gasteiger partial charge < -0.3 is 10.5 Å². The molecule has 0 saturated heterocycles. The molecule has 0 aliphatic carbocycles. The van der Waals surface area contributed by atoms with Crippen molar-refractivity contribution in [3.63, 3.8) is 0 Å². The number of hydrogen-bond donors (Lipinski definition) is 1. The lowest BCUT2D eigenvalue weighted by atomic mass is 10.5. The third kappa shape index (κ3) is 2.38. The second-order valence-corrected chi connectivity index (χ2v) is 2.97. The maximum absolute atomic E-state index is 11.0. The van der Waals surface area contributed by atoms with Crippen molar-refractivity contribution >= 4 is 29.2 Å². The normalized spacial score (nSPS) is 9.23. The first-order valence-electron chi connectivity index (χ1n) is 3.20. The predicted octanol–water partition coefficient (Wildman–Crippen LogP) is -0.0832. The predicted molar refractivity (Wildman–Crippen MR) is 43.9 cm³/mol. The number of carbonyl (C=O) groups excluding carboxylic acids is 3. The molecular formula is C7H5NO4S. The van der Waals surface area contributed by atoms with E-state index in [1.807, 2.05) is 0 Å². The zero-order valence-electron chi connectivity index (χ0n) is 6.35. The molecule has 0 radical (unpaired) electrons. The molecule has 1 aromatic heterocycles. The van der Waals surface area contributed by atoms with Crippen LogP contribution in [0.25, 0.3) is 0 Å². The first kappa shape index (κ1) is 9.40. The summed E-state index contributed by atoms with van der Waals surface area (Å²) in [6.07, 6.45) is 0. The fraction of sp³-hybridized carbons (Fsp3) is 0. The molecule has 13 heavy (non-hydrogen) atoms. The van der Waals surface area contributed by atoms with Crippen LogP contribution in [0.15, 0.2) is 17.5 Å². The van der Waals surface area contributed by atoms with Crippen molar-refractivity contribution in [3.05, 3.63) is 22.4 Å². The first-order chi connectivity index (χ1) is 6.11. The lowest BCUT2D eigenvalue weighted by Gasteiger charge is -1.95. The van der Waals surface area contributed by atoms with E-state index in [0.717, 1.165) is 11.3 Å². The Morgan fingerprint density at radius 3 is 2.54 bits per heavy atom. The monoisotopic (exact) mass is 199 g/mol. The zero-order chi connectivity index (χ0) is 9.84. The van der Waals surface area contributed by atoms with Crippen LogP contribution in [0, 0.1) is 0 Å². The largest absolute Gasteiger partial charge is 0.404 e. The van der Waals surface area contributed by atoms with Crippen molar-refractivity contribution in [2.75, 3.05) is 0 Å². The molecule has 1 aromatic rings. The Morgan fingerprint density at radius 2 is 2.08 bits per heavy atom. The third-order valence-electron chi connectivity index (χ3n) is 1.11. The van der Waals surface area contributed by atoms with Crippen LogP contribution < -0.4 is 5.73 Å². The number of ether oxygens (including phenoxy) is 1. The molecule has 0 saturated carbocycles. The smallest absolute Gasteiger partial charge is 0.381 e. The molecule has 1 amide bonds. The Kier molecular flexibility index (Phi) is 2.76. The first-order valence-corrected chi connectivity index (χ1v) is 4.08. The summed E-state index contributed by atoms with van der Waals surface area (Å²) in [4.78, 5) is 32.0. The molecule has 0 unspecified atom stereocenters. The molecule has 0 atom stereocenters. The van der Waals surface area contributed by atoms with Gasteiger partial charge in [0, 0.05) is 0 Å². The van der Waals surface area contributed by atoms with Crippen molar-refractivity contribution in [3.8, 4) is 0 Å². The van der Waals surface area contributed by atoms with Crippen molar-refractivity contribution < 1.29 is 19.1 Å². The van der Waals surface area contributed by atoms with Gasteiger partial charge in [-0.3, -0.25) is 4.79 Å². The van der Waals surface area contributed by atoms with E-state index >= 15 is 0 Å². The lowest BCUT2D eigenvalue weighted by Crippen LogP contribution is -2.27. The minimum atomic E-state index is -1.35. The van der Waals surface area contributed by atoms with Gasteiger partial charge in [0.15, 0.2) is 0 Å². The molecule has 0 aromatic carbocycles. The van der Waals surface area contributed by atoms with Gasteiger partial charge in [-0.15, -0.1) is 11.3 Å². The summed E-state index contributed by atoms with van der Waals surface area (Å²) in [6.45, 7) is 0. The van der Waals surface area contributed by atoms with Gasteiger partial charge in [0.05, 0.1) is 0 Å². The molecule has 68 valence electrons.